The Kier molecular flexibility index (Phi) is 6.17. The summed E-state index contributed by atoms with van der Waals surface area (Å²) in [5.41, 5.74) is 8.12. The van der Waals surface area contributed by atoms with E-state index in [0.717, 1.165) is 0 Å². The molecule has 0 unspecified atom stereocenters. The van der Waals surface area contributed by atoms with Gasteiger partial charge in [0.05, 0.1) is 20.8 Å². The highest BCUT2D eigenvalue weighted by Gasteiger charge is 2.24. The Morgan fingerprint density at radius 2 is 1.72 bits per heavy atom. The number of nitrogens with two attached hydrogens (primary N) is 1. The number of methoxy groups -OCH3 is 2. The quantitative estimate of drug-likeness (QED) is 0.383. The van der Waals surface area contributed by atoms with Crippen molar-refractivity contribution in [1.82, 2.24) is 24.5 Å². The Labute approximate surface area is 189 Å². The molecule has 0 bridgehead atoms. The van der Waals surface area contributed by atoms with Gasteiger partial charge in [-0.15, -0.1) is 0 Å². The molecule has 10 nitrogen and oxygen atoms in total. The highest BCUT2D eigenvalue weighted by atomic mass is 32.2. The molecule has 0 aliphatic rings. The van der Waals surface area contributed by atoms with E-state index in [1.165, 1.54) is 11.9 Å². The minimum absolute atomic E-state index is 0.242. The Morgan fingerprint density at radius 3 is 2.38 bits per heavy atom. The zero-order valence-electron chi connectivity index (χ0n) is 18.1. The van der Waals surface area contributed by atoms with Crippen LogP contribution in [0, 0.1) is 0 Å². The van der Waals surface area contributed by atoms with Gasteiger partial charge in [-0.3, -0.25) is 4.57 Å². The fourth-order valence-electron chi connectivity index (χ4n) is 3.28. The lowest BCUT2D eigenvalue weighted by Gasteiger charge is -2.16. The third kappa shape index (κ3) is 3.82. The predicted octanol–water partition coefficient (Wildman–Crippen LogP) is 3.57. The summed E-state index contributed by atoms with van der Waals surface area (Å²) >= 11 is 1.36. The number of pyridine rings is 1. The molecule has 0 atom stereocenters. The van der Waals surface area contributed by atoms with Gasteiger partial charge in [-0.2, -0.15) is 0 Å². The van der Waals surface area contributed by atoms with Crippen LogP contribution in [0.1, 0.15) is 6.92 Å². The number of hydrogen-bond donors (Lipinski definition) is 2. The molecule has 3 heterocycles. The smallest absolute Gasteiger partial charge is 0.213 e. The van der Waals surface area contributed by atoms with Crippen molar-refractivity contribution in [2.45, 2.75) is 6.92 Å². The SMILES string of the molecule is CCOc1cccc(-c2nc3nc(N)c(NSC)nc3n2-c2c(OC)cccc2OC)n1. The molecule has 0 saturated carbocycles. The van der Waals surface area contributed by atoms with Gasteiger partial charge in [0.15, 0.2) is 23.1 Å². The van der Waals surface area contributed by atoms with E-state index < -0.39 is 0 Å². The first-order chi connectivity index (χ1) is 15.6. The van der Waals surface area contributed by atoms with E-state index in [0.29, 0.717) is 58.3 Å². The first-order valence-corrected chi connectivity index (χ1v) is 11.0. The zero-order chi connectivity index (χ0) is 22.7. The summed E-state index contributed by atoms with van der Waals surface area (Å²) in [6, 6.07) is 11.0. The van der Waals surface area contributed by atoms with E-state index in [-0.39, 0.29) is 5.82 Å². The van der Waals surface area contributed by atoms with Gasteiger partial charge in [-0.05, 0) is 25.1 Å². The van der Waals surface area contributed by atoms with Crippen molar-refractivity contribution in [2.75, 3.05) is 37.5 Å². The highest BCUT2D eigenvalue weighted by Crippen LogP contribution is 2.38. The lowest BCUT2D eigenvalue weighted by atomic mass is 10.2. The van der Waals surface area contributed by atoms with Gasteiger partial charge >= 0.3 is 0 Å². The van der Waals surface area contributed by atoms with Crippen LogP contribution in [0.25, 0.3) is 28.5 Å². The summed E-state index contributed by atoms with van der Waals surface area (Å²) in [6.45, 7) is 2.40. The Morgan fingerprint density at radius 1 is 1.00 bits per heavy atom. The summed E-state index contributed by atoms with van der Waals surface area (Å²) in [4.78, 5) is 18.5. The lowest BCUT2D eigenvalue weighted by Crippen LogP contribution is -2.06. The summed E-state index contributed by atoms with van der Waals surface area (Å²) in [6.07, 6.45) is 1.88. The number of nitrogen functional groups attached to an aromatic ring is 1. The zero-order valence-corrected chi connectivity index (χ0v) is 18.9. The fourth-order valence-corrected chi connectivity index (χ4v) is 3.62. The molecule has 3 N–H and O–H groups in total. The van der Waals surface area contributed by atoms with Crippen molar-refractivity contribution in [1.29, 1.82) is 0 Å². The maximum Gasteiger partial charge on any atom is 0.213 e. The highest BCUT2D eigenvalue weighted by molar-refractivity contribution is 7.99. The molecule has 0 radical (unpaired) electrons. The molecule has 166 valence electrons. The van der Waals surface area contributed by atoms with Crippen LogP contribution in [-0.2, 0) is 0 Å². The van der Waals surface area contributed by atoms with E-state index >= 15 is 0 Å². The van der Waals surface area contributed by atoms with Crippen LogP contribution in [0.15, 0.2) is 36.4 Å². The average Bonchev–Trinajstić information content (AvgIpc) is 3.17. The first-order valence-electron chi connectivity index (χ1n) is 9.77. The van der Waals surface area contributed by atoms with Crippen molar-refractivity contribution in [3.8, 4) is 34.6 Å². The molecule has 0 amide bonds. The van der Waals surface area contributed by atoms with Crippen LogP contribution >= 0.6 is 11.9 Å². The van der Waals surface area contributed by atoms with Crippen LogP contribution < -0.4 is 24.7 Å². The average molecular weight is 454 g/mol. The second kappa shape index (κ2) is 9.18. The van der Waals surface area contributed by atoms with Crippen LogP contribution in [0.2, 0.25) is 0 Å². The largest absolute Gasteiger partial charge is 0.494 e. The monoisotopic (exact) mass is 453 g/mol. The number of nitrogens with one attached hydrogen (secondary N) is 1. The molecule has 4 rings (SSSR count). The number of ether oxygens (including phenoxy) is 3. The third-order valence-corrected chi connectivity index (χ3v) is 4.99. The summed E-state index contributed by atoms with van der Waals surface area (Å²) < 4.78 is 21.7. The van der Waals surface area contributed by atoms with E-state index in [1.807, 2.05) is 48.1 Å². The number of hydrogen-bond acceptors (Lipinski definition) is 10. The van der Waals surface area contributed by atoms with Gasteiger partial charge in [-0.1, -0.05) is 24.1 Å². The Hall–Kier alpha value is -3.73. The molecule has 0 saturated heterocycles. The van der Waals surface area contributed by atoms with Gasteiger partial charge in [0.1, 0.15) is 22.9 Å². The van der Waals surface area contributed by atoms with Crippen LogP contribution in [-0.4, -0.2) is 51.6 Å². The molecule has 0 fully saturated rings. The van der Waals surface area contributed by atoms with Crippen LogP contribution in [0.5, 0.6) is 17.4 Å². The maximum atomic E-state index is 6.10. The normalized spacial score (nSPS) is 10.9. The Bertz CT molecular complexity index is 1240. The number of fused-ring (bicyclic) bond motifs is 1. The number of rotatable bonds is 8. The van der Waals surface area contributed by atoms with Gasteiger partial charge < -0.3 is 24.7 Å². The molecule has 11 heteroatoms. The van der Waals surface area contributed by atoms with Crippen molar-refractivity contribution >= 4 is 34.9 Å². The topological polar surface area (TPSA) is 122 Å². The van der Waals surface area contributed by atoms with E-state index in [9.17, 15) is 0 Å². The molecular formula is C21H23N7O3S. The van der Waals surface area contributed by atoms with Crippen LogP contribution in [0.4, 0.5) is 11.6 Å². The van der Waals surface area contributed by atoms with Gasteiger partial charge in [0.2, 0.25) is 11.5 Å². The first kappa shape index (κ1) is 21.5. The molecule has 32 heavy (non-hydrogen) atoms. The summed E-state index contributed by atoms with van der Waals surface area (Å²) in [5, 5.41) is 0. The molecule has 3 aromatic heterocycles. The standard InChI is InChI=1S/C21H23N7O3S/c1-5-31-15-11-6-8-12(23-15)20-26-19-21(25-18(27-32-4)17(22)24-19)28(20)16-13(29-2)9-7-10-14(16)30-3/h6-11H,5H2,1-4H3,(H2,22,24)(H,25,27). The molecule has 0 aliphatic heterocycles. The van der Waals surface area contributed by atoms with E-state index in [4.69, 9.17) is 29.9 Å². The van der Waals surface area contributed by atoms with Crippen molar-refractivity contribution in [3.05, 3.63) is 36.4 Å². The summed E-state index contributed by atoms with van der Waals surface area (Å²) in [5.74, 6) is 2.80. The van der Waals surface area contributed by atoms with Crippen LogP contribution in [0.3, 0.4) is 0 Å². The molecular weight excluding hydrogens is 430 g/mol. The molecule has 0 spiro atoms. The number of benzene rings is 1. The van der Waals surface area contributed by atoms with Crippen molar-refractivity contribution < 1.29 is 14.2 Å². The number of para-hydroxylation sites is 1. The number of imidazole rings is 1. The molecule has 4 aromatic rings. The second-order valence-corrected chi connectivity index (χ2v) is 7.10. The third-order valence-electron chi connectivity index (χ3n) is 4.59. The molecule has 1 aromatic carbocycles. The number of aromatic nitrogens is 5. The van der Waals surface area contributed by atoms with Gasteiger partial charge in [-0.25, -0.2) is 19.9 Å². The van der Waals surface area contributed by atoms with Crippen molar-refractivity contribution in [3.63, 3.8) is 0 Å². The van der Waals surface area contributed by atoms with Crippen molar-refractivity contribution in [2.24, 2.45) is 0 Å². The lowest BCUT2D eigenvalue weighted by molar-refractivity contribution is 0.327. The molecule has 0 aliphatic carbocycles. The van der Waals surface area contributed by atoms with E-state index in [2.05, 4.69) is 14.7 Å². The second-order valence-electron chi connectivity index (χ2n) is 6.49. The van der Waals surface area contributed by atoms with Gasteiger partial charge in [0.25, 0.3) is 0 Å². The van der Waals surface area contributed by atoms with E-state index in [1.54, 1.807) is 20.3 Å². The number of nitrogens with zero attached hydrogens (tertiary/aromatic N) is 5. The number of anilines is 2. The summed E-state index contributed by atoms with van der Waals surface area (Å²) in [7, 11) is 3.19. The predicted molar refractivity (Wildman–Crippen MR) is 126 cm³/mol. The minimum atomic E-state index is 0.242. The van der Waals surface area contributed by atoms with Gasteiger partial charge in [0, 0.05) is 12.3 Å². The minimum Gasteiger partial charge on any atom is -0.494 e. The fraction of sp³-hybridized carbons (Fsp3) is 0.238. The Balaban J connectivity index is 2.09. The maximum absolute atomic E-state index is 6.10.